The zero-order valence-corrected chi connectivity index (χ0v) is 10.8. The molecule has 3 heteroatoms. The zero-order valence-electron chi connectivity index (χ0n) is 10.8. The number of nitrogens with zero attached hydrogens (tertiary/aromatic N) is 3. The fourth-order valence-electron chi connectivity index (χ4n) is 4.99. The highest BCUT2D eigenvalue weighted by Gasteiger charge is 2.61. The number of benzene rings is 1. The molecular formula is C16H17N3. The molecular weight excluding hydrogens is 234 g/mol. The number of fused-ring (bicyclic) bond motifs is 8. The van der Waals surface area contributed by atoms with Gasteiger partial charge >= 0.3 is 0 Å². The summed E-state index contributed by atoms with van der Waals surface area (Å²) in [5.74, 6) is 3.18. The normalized spacial score (nSPS) is 44.9. The number of hydrogen-bond acceptors (Lipinski definition) is 3. The van der Waals surface area contributed by atoms with Crippen LogP contribution in [0.4, 0.5) is 5.69 Å². The van der Waals surface area contributed by atoms with Gasteiger partial charge in [-0.05, 0) is 48.6 Å². The molecule has 5 rings (SSSR count). The number of allylic oxidation sites excluding steroid dienone is 2. The first-order chi connectivity index (χ1) is 9.43. The lowest BCUT2D eigenvalue weighted by Gasteiger charge is -2.35. The summed E-state index contributed by atoms with van der Waals surface area (Å²) in [7, 11) is 0. The van der Waals surface area contributed by atoms with Crippen molar-refractivity contribution in [2.24, 2.45) is 34.0 Å². The van der Waals surface area contributed by atoms with Gasteiger partial charge in [0.05, 0.1) is 17.8 Å². The molecule has 0 amide bonds. The maximum atomic E-state index is 4.62. The molecule has 19 heavy (non-hydrogen) atoms. The van der Waals surface area contributed by atoms with Crippen LogP contribution >= 0.6 is 0 Å². The third-order valence-corrected chi connectivity index (χ3v) is 5.66. The molecule has 96 valence electrons. The summed E-state index contributed by atoms with van der Waals surface area (Å²) in [5, 5.41) is 11.3. The third-order valence-electron chi connectivity index (χ3n) is 5.66. The van der Waals surface area contributed by atoms with E-state index in [2.05, 4.69) is 57.8 Å². The summed E-state index contributed by atoms with van der Waals surface area (Å²) in [5.41, 5.74) is 1.20. The molecule has 0 saturated heterocycles. The van der Waals surface area contributed by atoms with E-state index in [4.69, 9.17) is 0 Å². The van der Waals surface area contributed by atoms with Crippen molar-refractivity contribution < 1.29 is 0 Å². The Morgan fingerprint density at radius 1 is 1.05 bits per heavy atom. The first-order valence-corrected chi connectivity index (χ1v) is 7.35. The molecule has 1 heterocycles. The predicted molar refractivity (Wildman–Crippen MR) is 73.7 cm³/mol. The van der Waals surface area contributed by atoms with E-state index in [1.54, 1.807) is 0 Å². The SMILES string of the molecule is C1=C[C@@H]2[C@H]3C[C@@H]([C@H]2C1)[C@@H]1N=NN(c2ccccc2)[C@H]31. The van der Waals surface area contributed by atoms with Crippen LogP contribution in [0.1, 0.15) is 12.8 Å². The molecule has 0 aromatic heterocycles. The Hall–Kier alpha value is -1.64. The number of para-hydroxylation sites is 1. The van der Waals surface area contributed by atoms with Crippen LogP contribution in [0, 0.1) is 23.7 Å². The van der Waals surface area contributed by atoms with E-state index in [0.29, 0.717) is 12.1 Å². The van der Waals surface area contributed by atoms with E-state index in [1.165, 1.54) is 18.5 Å². The zero-order chi connectivity index (χ0) is 12.4. The maximum Gasteiger partial charge on any atom is 0.0988 e. The monoisotopic (exact) mass is 251 g/mol. The minimum absolute atomic E-state index is 0.450. The molecule has 4 aliphatic rings. The average molecular weight is 251 g/mol. The first-order valence-electron chi connectivity index (χ1n) is 7.35. The molecule has 0 N–H and O–H groups in total. The quantitative estimate of drug-likeness (QED) is 0.702. The molecule has 0 radical (unpaired) electrons. The van der Waals surface area contributed by atoms with E-state index < -0.39 is 0 Å². The van der Waals surface area contributed by atoms with Crippen LogP contribution in [0.3, 0.4) is 0 Å². The lowest BCUT2D eigenvalue weighted by atomic mass is 9.76. The van der Waals surface area contributed by atoms with Crippen molar-refractivity contribution >= 4 is 5.69 Å². The number of anilines is 1. The van der Waals surface area contributed by atoms with Crippen LogP contribution in [-0.2, 0) is 0 Å². The molecule has 3 aliphatic carbocycles. The van der Waals surface area contributed by atoms with Crippen LogP contribution in [0.15, 0.2) is 52.8 Å². The van der Waals surface area contributed by atoms with E-state index in [-0.39, 0.29) is 0 Å². The first kappa shape index (κ1) is 10.2. The van der Waals surface area contributed by atoms with Crippen molar-refractivity contribution in [3.63, 3.8) is 0 Å². The minimum Gasteiger partial charge on any atom is -0.242 e. The van der Waals surface area contributed by atoms with Gasteiger partial charge in [-0.15, -0.1) is 0 Å². The number of rotatable bonds is 1. The van der Waals surface area contributed by atoms with Gasteiger partial charge in [-0.3, -0.25) is 0 Å². The van der Waals surface area contributed by atoms with Gasteiger partial charge in [-0.1, -0.05) is 35.6 Å². The molecule has 2 saturated carbocycles. The second-order valence-corrected chi connectivity index (χ2v) is 6.33. The van der Waals surface area contributed by atoms with E-state index >= 15 is 0 Å². The molecule has 2 fully saturated rings. The van der Waals surface area contributed by atoms with Crippen molar-refractivity contribution in [2.75, 3.05) is 5.01 Å². The average Bonchev–Trinajstić information content (AvgIpc) is 3.17. The summed E-state index contributed by atoms with van der Waals surface area (Å²) in [4.78, 5) is 0. The Labute approximate surface area is 113 Å². The maximum absolute atomic E-state index is 4.62. The van der Waals surface area contributed by atoms with E-state index in [0.717, 1.165) is 23.7 Å². The van der Waals surface area contributed by atoms with Gasteiger partial charge in [-0.2, -0.15) is 5.11 Å². The van der Waals surface area contributed by atoms with E-state index in [9.17, 15) is 0 Å². The Morgan fingerprint density at radius 2 is 1.95 bits per heavy atom. The fraction of sp³-hybridized carbons (Fsp3) is 0.500. The Morgan fingerprint density at radius 3 is 2.84 bits per heavy atom. The highest BCUT2D eigenvalue weighted by molar-refractivity contribution is 5.48. The van der Waals surface area contributed by atoms with Crippen molar-refractivity contribution in [1.82, 2.24) is 0 Å². The van der Waals surface area contributed by atoms with Gasteiger partial charge in [0.15, 0.2) is 0 Å². The lowest BCUT2D eigenvalue weighted by Crippen LogP contribution is -2.44. The third kappa shape index (κ3) is 1.18. The smallest absolute Gasteiger partial charge is 0.0988 e. The second kappa shape index (κ2) is 3.47. The molecule has 2 bridgehead atoms. The van der Waals surface area contributed by atoms with Crippen LogP contribution in [-0.4, -0.2) is 12.1 Å². The van der Waals surface area contributed by atoms with Gasteiger partial charge in [0.2, 0.25) is 0 Å². The van der Waals surface area contributed by atoms with Crippen LogP contribution in [0.2, 0.25) is 0 Å². The Kier molecular flexibility index (Phi) is 1.86. The van der Waals surface area contributed by atoms with Gasteiger partial charge in [0, 0.05) is 0 Å². The van der Waals surface area contributed by atoms with Crippen molar-refractivity contribution in [1.29, 1.82) is 0 Å². The van der Waals surface area contributed by atoms with Gasteiger partial charge in [0.25, 0.3) is 0 Å². The van der Waals surface area contributed by atoms with Gasteiger partial charge < -0.3 is 0 Å². The van der Waals surface area contributed by atoms with Gasteiger partial charge in [-0.25, -0.2) is 5.01 Å². The predicted octanol–water partition coefficient (Wildman–Crippen LogP) is 3.45. The van der Waals surface area contributed by atoms with Crippen molar-refractivity contribution in [2.45, 2.75) is 24.9 Å². The summed E-state index contributed by atoms with van der Waals surface area (Å²) in [6.45, 7) is 0. The number of hydrogen-bond donors (Lipinski definition) is 0. The molecule has 6 atom stereocenters. The minimum atomic E-state index is 0.450. The highest BCUT2D eigenvalue weighted by Crippen LogP contribution is 2.60. The molecule has 0 unspecified atom stereocenters. The summed E-state index contributed by atoms with van der Waals surface area (Å²) in [6, 6.07) is 11.5. The summed E-state index contributed by atoms with van der Waals surface area (Å²) >= 11 is 0. The largest absolute Gasteiger partial charge is 0.242 e. The second-order valence-electron chi connectivity index (χ2n) is 6.33. The van der Waals surface area contributed by atoms with Crippen LogP contribution < -0.4 is 5.01 Å². The molecule has 1 aromatic rings. The molecule has 1 aliphatic heterocycles. The fourth-order valence-corrected chi connectivity index (χ4v) is 4.99. The van der Waals surface area contributed by atoms with Crippen LogP contribution in [0.5, 0.6) is 0 Å². The molecule has 3 nitrogen and oxygen atoms in total. The van der Waals surface area contributed by atoms with Crippen molar-refractivity contribution in [3.05, 3.63) is 42.5 Å². The molecule has 1 aromatic carbocycles. The Balaban J connectivity index is 1.53. The summed E-state index contributed by atoms with van der Waals surface area (Å²) < 4.78 is 0. The lowest BCUT2D eigenvalue weighted by molar-refractivity contribution is 0.238. The topological polar surface area (TPSA) is 28.0 Å². The summed E-state index contributed by atoms with van der Waals surface area (Å²) in [6.07, 6.45) is 7.49. The van der Waals surface area contributed by atoms with Crippen LogP contribution in [0.25, 0.3) is 0 Å². The Bertz CT molecular complexity index is 565. The van der Waals surface area contributed by atoms with Crippen molar-refractivity contribution in [3.8, 4) is 0 Å². The molecule has 0 spiro atoms. The standard InChI is InChI=1S/C16H17N3/c1-2-5-10(6-3-1)19-16-14-9-13(15(16)17-18-19)11-7-4-8-12(11)14/h1-6,8,11-16H,7,9H2/t11-,12-,13-,14+,15-,16+/m0/s1. The van der Waals surface area contributed by atoms with Gasteiger partial charge in [0.1, 0.15) is 0 Å². The van der Waals surface area contributed by atoms with E-state index in [1.807, 2.05) is 0 Å². The highest BCUT2D eigenvalue weighted by atomic mass is 15.6.